The van der Waals surface area contributed by atoms with E-state index in [1.165, 1.54) is 24.0 Å². The molecule has 6 nitrogen and oxygen atoms in total. The first-order valence-electron chi connectivity index (χ1n) is 10.4. The van der Waals surface area contributed by atoms with Crippen molar-refractivity contribution in [1.29, 1.82) is 0 Å². The van der Waals surface area contributed by atoms with Gasteiger partial charge in [0.1, 0.15) is 0 Å². The lowest BCUT2D eigenvalue weighted by atomic mass is 9.73. The Morgan fingerprint density at radius 3 is 2.39 bits per heavy atom. The molecule has 4 rings (SSSR count). The van der Waals surface area contributed by atoms with Crippen LogP contribution in [0.3, 0.4) is 0 Å². The molecule has 3 aliphatic rings. The van der Waals surface area contributed by atoms with E-state index in [1.807, 2.05) is 6.92 Å². The van der Waals surface area contributed by atoms with E-state index >= 15 is 0 Å². The molecule has 1 spiro atoms. The Bertz CT molecular complexity index is 723. The van der Waals surface area contributed by atoms with Gasteiger partial charge in [-0.25, -0.2) is 0 Å². The summed E-state index contributed by atoms with van der Waals surface area (Å²) < 4.78 is 16.6. The second-order valence-electron chi connectivity index (χ2n) is 8.37. The smallest absolute Gasteiger partial charge is 0.239 e. The summed E-state index contributed by atoms with van der Waals surface area (Å²) in [7, 11) is 3.36. The van der Waals surface area contributed by atoms with Crippen LogP contribution < -0.4 is 9.47 Å². The third-order valence-corrected chi connectivity index (χ3v) is 6.86. The third kappa shape index (κ3) is 3.37. The van der Waals surface area contributed by atoms with Gasteiger partial charge in [0, 0.05) is 31.6 Å². The first-order valence-corrected chi connectivity index (χ1v) is 10.4. The lowest BCUT2D eigenvalue weighted by Crippen LogP contribution is -2.54. The Morgan fingerprint density at radius 2 is 1.75 bits per heavy atom. The number of amides is 1. The highest BCUT2D eigenvalue weighted by Crippen LogP contribution is 2.48. The molecule has 2 heterocycles. The van der Waals surface area contributed by atoms with Crippen LogP contribution in [-0.4, -0.2) is 68.8 Å². The summed E-state index contributed by atoms with van der Waals surface area (Å²) in [6.07, 6.45) is 4.69. The van der Waals surface area contributed by atoms with Gasteiger partial charge in [-0.3, -0.25) is 9.69 Å². The lowest BCUT2D eigenvalue weighted by Gasteiger charge is -2.44. The predicted octanol–water partition coefficient (Wildman–Crippen LogP) is 2.58. The molecule has 154 valence electrons. The summed E-state index contributed by atoms with van der Waals surface area (Å²) in [4.78, 5) is 17.7. The molecule has 1 saturated heterocycles. The second kappa shape index (κ2) is 7.91. The number of hydrogen-bond acceptors (Lipinski definition) is 5. The molecule has 1 amide bonds. The number of carbonyl (C=O) groups is 1. The van der Waals surface area contributed by atoms with Crippen molar-refractivity contribution in [3.63, 3.8) is 0 Å². The van der Waals surface area contributed by atoms with E-state index in [0.717, 1.165) is 44.0 Å². The van der Waals surface area contributed by atoms with Crippen LogP contribution in [0.15, 0.2) is 12.1 Å². The van der Waals surface area contributed by atoms with E-state index in [0.29, 0.717) is 19.8 Å². The van der Waals surface area contributed by atoms with Gasteiger partial charge in [0.15, 0.2) is 11.5 Å². The average Bonchev–Trinajstić information content (AvgIpc) is 3.21. The molecular formula is C22H32N2O4. The van der Waals surface area contributed by atoms with Crippen LogP contribution in [0.2, 0.25) is 0 Å². The molecule has 1 aliphatic carbocycles. The summed E-state index contributed by atoms with van der Waals surface area (Å²) in [5.41, 5.74) is 2.60. The van der Waals surface area contributed by atoms with Gasteiger partial charge >= 0.3 is 0 Å². The van der Waals surface area contributed by atoms with Crippen molar-refractivity contribution in [2.75, 3.05) is 47.1 Å². The third-order valence-electron chi connectivity index (χ3n) is 6.86. The summed E-state index contributed by atoms with van der Waals surface area (Å²) in [5, 5.41) is 0. The summed E-state index contributed by atoms with van der Waals surface area (Å²) in [5.74, 6) is 1.76. The molecule has 28 heavy (non-hydrogen) atoms. The molecule has 1 aromatic rings. The summed E-state index contributed by atoms with van der Waals surface area (Å²) in [6, 6.07) is 4.13. The van der Waals surface area contributed by atoms with Crippen molar-refractivity contribution < 1.29 is 19.0 Å². The van der Waals surface area contributed by atoms with Crippen molar-refractivity contribution in [3.8, 4) is 11.5 Å². The Morgan fingerprint density at radius 1 is 1.11 bits per heavy atom. The number of methoxy groups -OCH3 is 2. The molecule has 0 N–H and O–H groups in total. The van der Waals surface area contributed by atoms with E-state index in [2.05, 4.69) is 21.9 Å². The topological polar surface area (TPSA) is 51.2 Å². The molecule has 6 heteroatoms. The second-order valence-corrected chi connectivity index (χ2v) is 8.37. The maximum atomic E-state index is 13.4. The Labute approximate surface area is 167 Å². The molecule has 0 radical (unpaired) electrons. The predicted molar refractivity (Wildman–Crippen MR) is 107 cm³/mol. The highest BCUT2D eigenvalue weighted by molar-refractivity contribution is 5.82. The normalized spacial score (nSPS) is 22.8. The van der Waals surface area contributed by atoms with E-state index < -0.39 is 0 Å². The Hall–Kier alpha value is -1.79. The minimum Gasteiger partial charge on any atom is -0.493 e. The maximum Gasteiger partial charge on any atom is 0.239 e. The van der Waals surface area contributed by atoms with Crippen LogP contribution in [0, 0.1) is 0 Å². The molecule has 0 bridgehead atoms. The van der Waals surface area contributed by atoms with Crippen LogP contribution in [0.1, 0.15) is 43.7 Å². The summed E-state index contributed by atoms with van der Waals surface area (Å²) in [6.45, 7) is 6.57. The zero-order valence-corrected chi connectivity index (χ0v) is 17.3. The van der Waals surface area contributed by atoms with Gasteiger partial charge < -0.3 is 19.1 Å². The van der Waals surface area contributed by atoms with Gasteiger partial charge in [0.05, 0.1) is 33.5 Å². The molecule has 1 atom stereocenters. The van der Waals surface area contributed by atoms with Gasteiger partial charge in [-0.05, 0) is 43.0 Å². The number of benzene rings is 1. The molecule has 1 unspecified atom stereocenters. The van der Waals surface area contributed by atoms with Crippen molar-refractivity contribution in [2.45, 2.75) is 50.6 Å². The molecule has 2 aliphatic heterocycles. The molecule has 2 fully saturated rings. The van der Waals surface area contributed by atoms with E-state index in [1.54, 1.807) is 14.2 Å². The van der Waals surface area contributed by atoms with Crippen LogP contribution >= 0.6 is 0 Å². The fourth-order valence-corrected chi connectivity index (χ4v) is 5.28. The minimum absolute atomic E-state index is 0.0491. The minimum atomic E-state index is -0.107. The van der Waals surface area contributed by atoms with E-state index in [9.17, 15) is 4.79 Å². The number of morpholine rings is 1. The summed E-state index contributed by atoms with van der Waals surface area (Å²) >= 11 is 0. The van der Waals surface area contributed by atoms with Gasteiger partial charge in [-0.15, -0.1) is 0 Å². The first kappa shape index (κ1) is 19.5. The first-order chi connectivity index (χ1) is 13.6. The largest absolute Gasteiger partial charge is 0.493 e. The molecule has 0 aromatic heterocycles. The highest BCUT2D eigenvalue weighted by Gasteiger charge is 2.44. The SMILES string of the molecule is COc1cc2c(cc1OC)C1(CCCC1)CN(C(=O)C(C)N1CCOCC1)C2. The Kier molecular flexibility index (Phi) is 5.52. The molecular weight excluding hydrogens is 356 g/mol. The lowest BCUT2D eigenvalue weighted by molar-refractivity contribution is -0.140. The number of fused-ring (bicyclic) bond motifs is 2. The van der Waals surface area contributed by atoms with Crippen molar-refractivity contribution in [3.05, 3.63) is 23.3 Å². The number of rotatable bonds is 4. The Balaban J connectivity index is 1.65. The van der Waals surface area contributed by atoms with Crippen molar-refractivity contribution in [2.24, 2.45) is 0 Å². The zero-order chi connectivity index (χ0) is 19.7. The maximum absolute atomic E-state index is 13.4. The van der Waals surface area contributed by atoms with Gasteiger partial charge in [-0.1, -0.05) is 12.8 Å². The highest BCUT2D eigenvalue weighted by atomic mass is 16.5. The quantitative estimate of drug-likeness (QED) is 0.794. The number of hydrogen-bond donors (Lipinski definition) is 0. The van der Waals surface area contributed by atoms with Gasteiger partial charge in [0.25, 0.3) is 0 Å². The van der Waals surface area contributed by atoms with Crippen LogP contribution in [-0.2, 0) is 21.5 Å². The standard InChI is InChI=1S/C22H32N2O4/c1-16(23-8-10-28-11-9-23)21(25)24-14-17-12-19(26-2)20(27-3)13-18(17)22(15-24)6-4-5-7-22/h12-13,16H,4-11,14-15H2,1-3H3. The monoisotopic (exact) mass is 388 g/mol. The van der Waals surface area contributed by atoms with Gasteiger partial charge in [0.2, 0.25) is 5.91 Å². The van der Waals surface area contributed by atoms with Crippen molar-refractivity contribution in [1.82, 2.24) is 9.80 Å². The van der Waals surface area contributed by atoms with E-state index in [-0.39, 0.29) is 17.4 Å². The fourth-order valence-electron chi connectivity index (χ4n) is 5.28. The van der Waals surface area contributed by atoms with Crippen LogP contribution in [0.5, 0.6) is 11.5 Å². The number of carbonyl (C=O) groups excluding carboxylic acids is 1. The zero-order valence-electron chi connectivity index (χ0n) is 17.3. The van der Waals surface area contributed by atoms with Crippen LogP contribution in [0.25, 0.3) is 0 Å². The van der Waals surface area contributed by atoms with Gasteiger partial charge in [-0.2, -0.15) is 0 Å². The van der Waals surface area contributed by atoms with Crippen LogP contribution in [0.4, 0.5) is 0 Å². The van der Waals surface area contributed by atoms with Crippen molar-refractivity contribution >= 4 is 5.91 Å². The number of nitrogens with zero attached hydrogens (tertiary/aromatic N) is 2. The fraction of sp³-hybridized carbons (Fsp3) is 0.682. The molecule has 1 saturated carbocycles. The number of ether oxygens (including phenoxy) is 3. The molecule has 1 aromatic carbocycles. The van der Waals surface area contributed by atoms with E-state index in [4.69, 9.17) is 14.2 Å². The average molecular weight is 389 g/mol.